The Balaban J connectivity index is 3.31. The van der Waals surface area contributed by atoms with Crippen molar-refractivity contribution in [1.29, 1.82) is 0 Å². The van der Waals surface area contributed by atoms with Crippen molar-refractivity contribution in [2.24, 2.45) is 0 Å². The number of nitrogens with two attached hydrogens (primary N) is 1. The average molecular weight is 159 g/mol. The predicted molar refractivity (Wildman–Crippen MR) is 40.1 cm³/mol. The van der Waals surface area contributed by atoms with Gasteiger partial charge in [0.2, 0.25) is 0 Å². The third-order valence-corrected chi connectivity index (χ3v) is 1.37. The van der Waals surface area contributed by atoms with Gasteiger partial charge < -0.3 is 10.8 Å². The van der Waals surface area contributed by atoms with Crippen LogP contribution in [0.25, 0.3) is 0 Å². The van der Waals surface area contributed by atoms with E-state index < -0.39 is 0 Å². The van der Waals surface area contributed by atoms with Crippen molar-refractivity contribution in [3.8, 4) is 5.75 Å². The van der Waals surface area contributed by atoms with Crippen LogP contribution in [0, 0.1) is 6.92 Å². The molecule has 0 saturated carbocycles. The highest BCUT2D eigenvalue weighted by molar-refractivity contribution is 6.31. The van der Waals surface area contributed by atoms with Crippen molar-refractivity contribution in [3.63, 3.8) is 0 Å². The first-order chi connectivity index (χ1) is 4.61. The maximum atomic E-state index is 9.01. The summed E-state index contributed by atoms with van der Waals surface area (Å²) in [5.74, 6) is -0.146. The molecule has 10 heavy (non-hydrogen) atoms. The first-order valence-corrected chi connectivity index (χ1v) is 3.10. The number of aryl methyl sites for hydroxylation is 1. The molecule has 0 fully saturated rings. The molecule has 0 unspecified atom stereocenters. The molecule has 0 aliphatic carbocycles. The maximum absolute atomic E-state index is 9.01. The molecule has 0 saturated heterocycles. The molecule has 0 radical (unpaired) electrons. The molecule has 1 heterocycles. The van der Waals surface area contributed by atoms with Crippen LogP contribution in [-0.2, 0) is 0 Å². The number of rotatable bonds is 0. The lowest BCUT2D eigenvalue weighted by molar-refractivity contribution is 0.475. The molecule has 0 amide bonds. The third kappa shape index (κ3) is 1.14. The quantitative estimate of drug-likeness (QED) is 0.560. The van der Waals surface area contributed by atoms with Crippen molar-refractivity contribution in [3.05, 3.63) is 16.9 Å². The Hall–Kier alpha value is -0.960. The van der Waals surface area contributed by atoms with Gasteiger partial charge in [-0.15, -0.1) is 0 Å². The minimum atomic E-state index is -0.146. The molecule has 0 aliphatic rings. The van der Waals surface area contributed by atoms with Crippen molar-refractivity contribution < 1.29 is 5.11 Å². The van der Waals surface area contributed by atoms with Crippen LogP contribution in [0.1, 0.15) is 5.69 Å². The topological polar surface area (TPSA) is 59.1 Å². The highest BCUT2D eigenvalue weighted by Crippen LogP contribution is 2.27. The lowest BCUT2D eigenvalue weighted by atomic mass is 10.3. The summed E-state index contributed by atoms with van der Waals surface area (Å²) in [5, 5.41) is 9.06. The highest BCUT2D eigenvalue weighted by Gasteiger charge is 2.03. The van der Waals surface area contributed by atoms with Gasteiger partial charge >= 0.3 is 0 Å². The number of hydrogen-bond acceptors (Lipinski definition) is 3. The molecule has 54 valence electrons. The third-order valence-electron chi connectivity index (χ3n) is 1.11. The molecular formula is C6H7ClN2O. The van der Waals surface area contributed by atoms with Gasteiger partial charge in [-0.25, -0.2) is 4.98 Å². The molecule has 1 rings (SSSR count). The van der Waals surface area contributed by atoms with E-state index in [1.807, 2.05) is 0 Å². The average Bonchev–Trinajstić information content (AvgIpc) is 1.82. The molecule has 4 heteroatoms. The van der Waals surface area contributed by atoms with Crippen LogP contribution in [0.2, 0.25) is 5.15 Å². The van der Waals surface area contributed by atoms with E-state index in [1.54, 1.807) is 13.0 Å². The lowest BCUT2D eigenvalue weighted by Crippen LogP contribution is -1.90. The zero-order valence-electron chi connectivity index (χ0n) is 5.43. The second kappa shape index (κ2) is 2.34. The monoisotopic (exact) mass is 158 g/mol. The molecule has 3 N–H and O–H groups in total. The molecule has 0 bridgehead atoms. The molecule has 3 nitrogen and oxygen atoms in total. The summed E-state index contributed by atoms with van der Waals surface area (Å²) in [6.07, 6.45) is 0. The Morgan fingerprint density at radius 1 is 1.70 bits per heavy atom. The summed E-state index contributed by atoms with van der Waals surface area (Å²) in [6.45, 7) is 1.75. The van der Waals surface area contributed by atoms with Gasteiger partial charge in [-0.1, -0.05) is 11.6 Å². The van der Waals surface area contributed by atoms with Crippen LogP contribution in [0.15, 0.2) is 6.07 Å². The number of aromatic hydroxyl groups is 1. The maximum Gasteiger partial charge on any atom is 0.176 e. The number of nitrogen functional groups attached to an aromatic ring is 1. The van der Waals surface area contributed by atoms with E-state index in [0.29, 0.717) is 5.69 Å². The van der Waals surface area contributed by atoms with Gasteiger partial charge in [0, 0.05) is 5.69 Å². The predicted octanol–water partition coefficient (Wildman–Crippen LogP) is 1.33. The normalized spacial score (nSPS) is 9.80. The highest BCUT2D eigenvalue weighted by atomic mass is 35.5. The van der Waals surface area contributed by atoms with E-state index in [1.165, 1.54) is 0 Å². The Kier molecular flexibility index (Phi) is 1.68. The molecule has 1 aromatic rings. The molecule has 0 aromatic carbocycles. The second-order valence-electron chi connectivity index (χ2n) is 1.99. The summed E-state index contributed by atoms with van der Waals surface area (Å²) >= 11 is 5.48. The van der Waals surface area contributed by atoms with Crippen LogP contribution in [0.3, 0.4) is 0 Å². The minimum absolute atomic E-state index is 0.0532. The smallest absolute Gasteiger partial charge is 0.176 e. The van der Waals surface area contributed by atoms with Crippen LogP contribution in [0.5, 0.6) is 5.75 Å². The second-order valence-corrected chi connectivity index (χ2v) is 2.35. The zero-order valence-corrected chi connectivity index (χ0v) is 6.18. The number of hydrogen-bond donors (Lipinski definition) is 2. The van der Waals surface area contributed by atoms with Gasteiger partial charge in [-0.2, -0.15) is 0 Å². The van der Waals surface area contributed by atoms with Crippen molar-refractivity contribution >= 4 is 17.3 Å². The Morgan fingerprint density at radius 3 is 2.80 bits per heavy atom. The minimum Gasteiger partial charge on any atom is -0.503 e. The van der Waals surface area contributed by atoms with Crippen LogP contribution < -0.4 is 5.73 Å². The standard InChI is InChI=1S/C6H7ClN2O/c1-3-2-4(8)5(10)6(7)9-3/h2,10H,1H3,(H2,8,9). The van der Waals surface area contributed by atoms with Gasteiger partial charge in [-0.05, 0) is 13.0 Å². The lowest BCUT2D eigenvalue weighted by Gasteiger charge is -2.00. The number of pyridine rings is 1. The summed E-state index contributed by atoms with van der Waals surface area (Å²) in [5.41, 5.74) is 6.30. The Bertz CT molecular complexity index is 239. The van der Waals surface area contributed by atoms with Crippen molar-refractivity contribution in [2.75, 3.05) is 5.73 Å². The van der Waals surface area contributed by atoms with E-state index in [4.69, 9.17) is 22.4 Å². The van der Waals surface area contributed by atoms with Gasteiger partial charge in [0.1, 0.15) is 0 Å². The fraction of sp³-hybridized carbons (Fsp3) is 0.167. The van der Waals surface area contributed by atoms with Gasteiger partial charge in [0.05, 0.1) is 5.69 Å². The fourth-order valence-electron chi connectivity index (χ4n) is 0.653. The van der Waals surface area contributed by atoms with Crippen LogP contribution >= 0.6 is 11.6 Å². The number of nitrogens with zero attached hydrogens (tertiary/aromatic N) is 1. The molecular weight excluding hydrogens is 152 g/mol. The summed E-state index contributed by atoms with van der Waals surface area (Å²) in [6, 6.07) is 1.56. The van der Waals surface area contributed by atoms with E-state index in [0.717, 1.165) is 0 Å². The Labute approximate surface area is 63.5 Å². The molecule has 0 aliphatic heterocycles. The Morgan fingerprint density at radius 2 is 2.30 bits per heavy atom. The number of anilines is 1. The number of halogens is 1. The van der Waals surface area contributed by atoms with Gasteiger partial charge in [0.15, 0.2) is 10.9 Å². The first kappa shape index (κ1) is 7.15. The largest absolute Gasteiger partial charge is 0.503 e. The van der Waals surface area contributed by atoms with Crippen molar-refractivity contribution in [2.45, 2.75) is 6.92 Å². The van der Waals surface area contributed by atoms with E-state index >= 15 is 0 Å². The number of aromatic nitrogens is 1. The van der Waals surface area contributed by atoms with Crippen molar-refractivity contribution in [1.82, 2.24) is 4.98 Å². The van der Waals surface area contributed by atoms with E-state index in [9.17, 15) is 0 Å². The molecule has 0 atom stereocenters. The summed E-state index contributed by atoms with van der Waals surface area (Å²) in [7, 11) is 0. The van der Waals surface area contributed by atoms with Gasteiger partial charge in [0.25, 0.3) is 0 Å². The fourth-order valence-corrected chi connectivity index (χ4v) is 0.895. The van der Waals surface area contributed by atoms with Crippen LogP contribution in [-0.4, -0.2) is 10.1 Å². The molecule has 0 spiro atoms. The zero-order chi connectivity index (χ0) is 7.72. The van der Waals surface area contributed by atoms with Crippen LogP contribution in [0.4, 0.5) is 5.69 Å². The van der Waals surface area contributed by atoms with Gasteiger partial charge in [-0.3, -0.25) is 0 Å². The van der Waals surface area contributed by atoms with E-state index in [-0.39, 0.29) is 16.6 Å². The summed E-state index contributed by atoms with van der Waals surface area (Å²) in [4.78, 5) is 3.77. The SMILES string of the molecule is Cc1cc(N)c(O)c(Cl)n1. The van der Waals surface area contributed by atoms with E-state index in [2.05, 4.69) is 4.98 Å². The summed E-state index contributed by atoms with van der Waals surface area (Å²) < 4.78 is 0. The first-order valence-electron chi connectivity index (χ1n) is 2.73. The molecule has 1 aromatic heterocycles.